The van der Waals surface area contributed by atoms with Crippen LogP contribution in [0.15, 0.2) is 78.7 Å². The van der Waals surface area contributed by atoms with E-state index in [9.17, 15) is 13.2 Å². The van der Waals surface area contributed by atoms with Gasteiger partial charge in [-0.25, -0.2) is 4.98 Å². The molecule has 2 unspecified atom stereocenters. The highest BCUT2D eigenvalue weighted by atomic mass is 19.4. The molecule has 0 N–H and O–H groups in total. The molecular formula is C22H19F3N2. The smallest absolute Gasteiger partial charge is 0.326 e. The highest BCUT2D eigenvalue weighted by Crippen LogP contribution is 2.37. The first-order chi connectivity index (χ1) is 12.9. The molecule has 1 aliphatic carbocycles. The average Bonchev–Trinajstić information content (AvgIpc) is 3.05. The lowest BCUT2D eigenvalue weighted by Crippen LogP contribution is -2.17. The summed E-state index contributed by atoms with van der Waals surface area (Å²) in [6.07, 6.45) is 1.71. The molecule has 2 nitrogen and oxygen atoms in total. The van der Waals surface area contributed by atoms with Gasteiger partial charge in [-0.2, -0.15) is 13.2 Å². The molecule has 0 aliphatic heterocycles. The molecule has 0 amide bonds. The van der Waals surface area contributed by atoms with Gasteiger partial charge in [0.25, 0.3) is 0 Å². The molecule has 1 aliphatic rings. The van der Waals surface area contributed by atoms with E-state index in [2.05, 4.69) is 9.55 Å². The summed E-state index contributed by atoms with van der Waals surface area (Å²) in [5.41, 5.74) is 3.63. The number of aromatic nitrogens is 2. The summed E-state index contributed by atoms with van der Waals surface area (Å²) in [6.45, 7) is 2.53. The first kappa shape index (κ1) is 17.6. The van der Waals surface area contributed by atoms with Gasteiger partial charge in [0.1, 0.15) is 0 Å². The third-order valence-corrected chi connectivity index (χ3v) is 5.06. The van der Waals surface area contributed by atoms with Gasteiger partial charge in [-0.3, -0.25) is 0 Å². The quantitative estimate of drug-likeness (QED) is 0.566. The van der Waals surface area contributed by atoms with Gasteiger partial charge in [0.15, 0.2) is 0 Å². The van der Waals surface area contributed by atoms with Gasteiger partial charge in [0.2, 0.25) is 0 Å². The number of para-hydroxylation sites is 2. The molecule has 0 radical (unpaired) electrons. The molecule has 1 heterocycles. The Bertz CT molecular complexity index is 1010. The van der Waals surface area contributed by atoms with Gasteiger partial charge in [-0.1, -0.05) is 61.5 Å². The Morgan fingerprint density at radius 1 is 1.04 bits per heavy atom. The minimum Gasteiger partial charge on any atom is -0.326 e. The minimum absolute atomic E-state index is 0.0424. The van der Waals surface area contributed by atoms with Gasteiger partial charge in [-0.15, -0.1) is 0 Å². The van der Waals surface area contributed by atoms with Gasteiger partial charge >= 0.3 is 6.18 Å². The molecule has 3 aromatic rings. The summed E-state index contributed by atoms with van der Waals surface area (Å²) in [4.78, 5) is 4.40. The van der Waals surface area contributed by atoms with Crippen LogP contribution in [0.25, 0.3) is 11.0 Å². The first-order valence-electron chi connectivity index (χ1n) is 8.88. The maximum Gasteiger partial charge on any atom is 0.416 e. The molecule has 0 bridgehead atoms. The van der Waals surface area contributed by atoms with E-state index >= 15 is 0 Å². The number of nitrogens with zero attached hydrogens (tertiary/aromatic N) is 2. The average molecular weight is 368 g/mol. The number of rotatable bonds is 3. The number of alkyl halides is 3. The molecule has 1 aromatic heterocycles. The Morgan fingerprint density at radius 3 is 2.48 bits per heavy atom. The van der Waals surface area contributed by atoms with Crippen molar-refractivity contribution in [3.63, 3.8) is 0 Å². The molecule has 2 aromatic carbocycles. The highest BCUT2D eigenvalue weighted by molar-refractivity contribution is 5.75. The van der Waals surface area contributed by atoms with Crippen LogP contribution < -0.4 is 0 Å². The van der Waals surface area contributed by atoms with Crippen molar-refractivity contribution >= 4 is 11.0 Å². The third kappa shape index (κ3) is 3.54. The zero-order chi connectivity index (χ0) is 19.0. The normalized spacial score (nSPS) is 20.1. The molecular weight excluding hydrogens is 349 g/mol. The first-order valence-corrected chi connectivity index (χ1v) is 8.88. The van der Waals surface area contributed by atoms with Crippen LogP contribution in [0.3, 0.4) is 0 Å². The summed E-state index contributed by atoms with van der Waals surface area (Å²) in [5.74, 6) is -0.241. The van der Waals surface area contributed by atoms with Crippen molar-refractivity contribution in [2.24, 2.45) is 5.92 Å². The van der Waals surface area contributed by atoms with Crippen molar-refractivity contribution < 1.29 is 13.2 Å². The van der Waals surface area contributed by atoms with E-state index in [4.69, 9.17) is 0 Å². The van der Waals surface area contributed by atoms with Crippen LogP contribution in [0.5, 0.6) is 0 Å². The van der Waals surface area contributed by atoms with Crippen LogP contribution in [0.4, 0.5) is 13.2 Å². The lowest BCUT2D eigenvalue weighted by molar-refractivity contribution is -0.0889. The van der Waals surface area contributed by atoms with Crippen molar-refractivity contribution in [3.05, 3.63) is 89.8 Å². The standard InChI is InChI=1S/C22H19F3N2/c1-15-12-18(22(23,24)25)10-11-19(15)17-8-6-16(7-9-17)13-27-14-26-20-4-2-3-5-21(20)27/h2-12,14-15,19H,13H2,1H3. The van der Waals surface area contributed by atoms with Crippen LogP contribution >= 0.6 is 0 Å². The lowest BCUT2D eigenvalue weighted by Gasteiger charge is -2.24. The maximum absolute atomic E-state index is 12.9. The predicted octanol–water partition coefficient (Wildman–Crippen LogP) is 5.86. The topological polar surface area (TPSA) is 17.8 Å². The fraction of sp³-hybridized carbons (Fsp3) is 0.227. The second-order valence-electron chi connectivity index (χ2n) is 6.97. The molecule has 2 atom stereocenters. The van der Waals surface area contributed by atoms with Gasteiger partial charge < -0.3 is 4.57 Å². The van der Waals surface area contributed by atoms with E-state index in [1.165, 1.54) is 12.2 Å². The Morgan fingerprint density at radius 2 is 1.78 bits per heavy atom. The number of imidazole rings is 1. The zero-order valence-electron chi connectivity index (χ0n) is 14.8. The maximum atomic E-state index is 12.9. The Kier molecular flexibility index (Phi) is 4.38. The molecule has 27 heavy (non-hydrogen) atoms. The van der Waals surface area contributed by atoms with Crippen molar-refractivity contribution in [1.82, 2.24) is 9.55 Å². The Hall–Kier alpha value is -2.82. The Balaban J connectivity index is 1.51. The lowest BCUT2D eigenvalue weighted by atomic mass is 9.82. The number of fused-ring (bicyclic) bond motifs is 1. The summed E-state index contributed by atoms with van der Waals surface area (Å²) >= 11 is 0. The van der Waals surface area contributed by atoms with E-state index in [1.54, 1.807) is 6.08 Å². The SMILES string of the molecule is CC1C=C(C(F)(F)F)C=CC1c1ccc(Cn2cnc3ccccc32)cc1. The zero-order valence-corrected chi connectivity index (χ0v) is 14.8. The van der Waals surface area contributed by atoms with E-state index in [1.807, 2.05) is 61.8 Å². The molecule has 4 rings (SSSR count). The largest absolute Gasteiger partial charge is 0.416 e. The Labute approximate surface area is 155 Å². The van der Waals surface area contributed by atoms with Gasteiger partial charge in [0.05, 0.1) is 22.9 Å². The second-order valence-corrected chi connectivity index (χ2v) is 6.97. The summed E-state index contributed by atoms with van der Waals surface area (Å²) in [5, 5.41) is 0. The number of hydrogen-bond donors (Lipinski definition) is 0. The number of hydrogen-bond acceptors (Lipinski definition) is 1. The van der Waals surface area contributed by atoms with Crippen LogP contribution in [0.1, 0.15) is 24.0 Å². The second kappa shape index (κ2) is 6.72. The van der Waals surface area contributed by atoms with Crippen molar-refractivity contribution in [1.29, 1.82) is 0 Å². The molecule has 5 heteroatoms. The van der Waals surface area contributed by atoms with E-state index in [-0.39, 0.29) is 11.8 Å². The third-order valence-electron chi connectivity index (χ3n) is 5.06. The van der Waals surface area contributed by atoms with Crippen molar-refractivity contribution in [3.8, 4) is 0 Å². The van der Waals surface area contributed by atoms with Gasteiger partial charge in [0, 0.05) is 12.5 Å². The van der Waals surface area contributed by atoms with Crippen LogP contribution in [-0.2, 0) is 6.54 Å². The van der Waals surface area contributed by atoms with Crippen LogP contribution in [-0.4, -0.2) is 15.7 Å². The van der Waals surface area contributed by atoms with Crippen LogP contribution in [0, 0.1) is 5.92 Å². The monoisotopic (exact) mass is 368 g/mol. The summed E-state index contributed by atoms with van der Waals surface area (Å²) in [7, 11) is 0. The van der Waals surface area contributed by atoms with E-state index < -0.39 is 11.7 Å². The minimum atomic E-state index is -4.28. The molecule has 0 fully saturated rings. The summed E-state index contributed by atoms with van der Waals surface area (Å²) < 4.78 is 40.7. The van der Waals surface area contributed by atoms with Crippen LogP contribution in [0.2, 0.25) is 0 Å². The fourth-order valence-electron chi connectivity index (χ4n) is 3.61. The van der Waals surface area contributed by atoms with E-state index in [0.29, 0.717) is 6.54 Å². The van der Waals surface area contributed by atoms with Gasteiger partial charge in [-0.05, 0) is 29.2 Å². The van der Waals surface area contributed by atoms with Crippen molar-refractivity contribution in [2.45, 2.75) is 25.6 Å². The predicted molar refractivity (Wildman–Crippen MR) is 100 cm³/mol. The molecule has 0 spiro atoms. The number of allylic oxidation sites excluding steroid dienone is 4. The van der Waals surface area contributed by atoms with Crippen molar-refractivity contribution in [2.75, 3.05) is 0 Å². The highest BCUT2D eigenvalue weighted by Gasteiger charge is 2.34. The number of halogens is 3. The summed E-state index contributed by atoms with van der Waals surface area (Å²) in [6, 6.07) is 16.1. The molecule has 0 saturated heterocycles. The molecule has 0 saturated carbocycles. The number of benzene rings is 2. The fourth-order valence-corrected chi connectivity index (χ4v) is 3.61. The molecule has 138 valence electrons. The van der Waals surface area contributed by atoms with E-state index in [0.717, 1.165) is 22.2 Å².